The fourth-order valence-corrected chi connectivity index (χ4v) is 9.72. The Kier molecular flexibility index (Phi) is 16.7. The van der Waals surface area contributed by atoms with Crippen LogP contribution in [-0.2, 0) is 76.8 Å². The molecule has 3 aliphatic heterocycles. The van der Waals surface area contributed by atoms with Gasteiger partial charge in [-0.1, -0.05) is 133 Å². The van der Waals surface area contributed by atoms with Crippen LogP contribution in [0.1, 0.15) is 58.2 Å². The second-order valence-electron chi connectivity index (χ2n) is 16.6. The minimum absolute atomic E-state index is 0.0628. The summed E-state index contributed by atoms with van der Waals surface area (Å²) in [5, 5.41) is 0. The Bertz CT molecular complexity index is 2480. The molecule has 360 valence electrons. The molecule has 8 rings (SSSR count). The first-order valence-electron chi connectivity index (χ1n) is 22.6. The number of carbonyl (C=O) groups is 5. The van der Waals surface area contributed by atoms with Crippen LogP contribution in [-0.4, -0.2) is 108 Å². The zero-order valence-electron chi connectivity index (χ0n) is 38.2. The van der Waals surface area contributed by atoms with Crippen molar-refractivity contribution in [1.82, 2.24) is 4.90 Å². The zero-order chi connectivity index (χ0) is 48.3. The zero-order valence-corrected chi connectivity index (χ0v) is 39.1. The van der Waals surface area contributed by atoms with Crippen LogP contribution in [0.4, 0.5) is 0 Å². The number of benzene rings is 5. The van der Waals surface area contributed by atoms with Crippen LogP contribution in [0, 0.1) is 0 Å². The monoisotopic (exact) mass is 959 g/mol. The van der Waals surface area contributed by atoms with E-state index < -0.39 is 96.8 Å². The minimum atomic E-state index is -1.69. The van der Waals surface area contributed by atoms with Gasteiger partial charge in [0.25, 0.3) is 11.8 Å². The van der Waals surface area contributed by atoms with Gasteiger partial charge in [0, 0.05) is 25.7 Å². The summed E-state index contributed by atoms with van der Waals surface area (Å²) in [5.74, 6) is -3.80. The lowest BCUT2D eigenvalue weighted by atomic mass is 9.93. The molecule has 0 saturated carbocycles. The fraction of sp³-hybridized carbons (Fsp3) is 0.340. The van der Waals surface area contributed by atoms with E-state index in [0.29, 0.717) is 0 Å². The normalized spacial score (nSPS) is 25.4. The Hall–Kier alpha value is -6.24. The Labute approximate surface area is 404 Å². The number of thioether (sulfide) groups is 1. The third-order valence-corrected chi connectivity index (χ3v) is 12.8. The van der Waals surface area contributed by atoms with Gasteiger partial charge in [0.2, 0.25) is 0 Å². The number of rotatable bonds is 19. The summed E-state index contributed by atoms with van der Waals surface area (Å²) < 4.78 is 58.4. The van der Waals surface area contributed by atoms with Crippen LogP contribution in [0.5, 0.6) is 0 Å². The van der Waals surface area contributed by atoms with Crippen LogP contribution in [0.25, 0.3) is 0 Å². The summed E-state index contributed by atoms with van der Waals surface area (Å²) in [4.78, 5) is 69.2. The molecular formula is C53H53NO14S. The molecule has 0 aliphatic carbocycles. The number of amides is 2. The van der Waals surface area contributed by atoms with Gasteiger partial charge < -0.3 is 42.6 Å². The van der Waals surface area contributed by atoms with Crippen molar-refractivity contribution < 1.29 is 66.6 Å². The Balaban J connectivity index is 1.26. The molecule has 10 atom stereocenters. The number of imide groups is 1. The maximum atomic E-state index is 14.5. The molecular weight excluding hydrogens is 907 g/mol. The molecule has 0 radical (unpaired) electrons. The van der Waals surface area contributed by atoms with Gasteiger partial charge in [-0.25, -0.2) is 0 Å². The van der Waals surface area contributed by atoms with Crippen LogP contribution in [0.2, 0.25) is 0 Å². The molecule has 5 aromatic rings. The van der Waals surface area contributed by atoms with E-state index in [1.165, 1.54) is 30.8 Å². The molecule has 5 aromatic carbocycles. The third-order valence-electron chi connectivity index (χ3n) is 11.6. The molecule has 15 nitrogen and oxygen atoms in total. The van der Waals surface area contributed by atoms with E-state index in [1.807, 2.05) is 121 Å². The summed E-state index contributed by atoms with van der Waals surface area (Å²) in [6.45, 7) is 3.34. The molecule has 2 saturated heterocycles. The smallest absolute Gasteiger partial charge is 0.303 e. The van der Waals surface area contributed by atoms with E-state index in [2.05, 4.69) is 0 Å². The van der Waals surface area contributed by atoms with Crippen molar-refractivity contribution in [2.45, 2.75) is 106 Å². The minimum Gasteiger partial charge on any atom is -0.463 e. The van der Waals surface area contributed by atoms with Crippen LogP contribution >= 0.6 is 11.8 Å². The SMILES string of the molecule is CC(=O)OC[C@H]1O[C@@H](O[C@H]2[C@H](OCc3ccccc3)[C@@H](OCc3ccccc3)[C@H](Sc3ccccc3)O[C@@H]2COCc2ccccc2)[C@H](N2C(=O)c3ccccc3C2=O)[C@@H](OC(C)=O)[C@@H]1OC(C)=O. The lowest BCUT2D eigenvalue weighted by Crippen LogP contribution is -2.69. The molecule has 69 heavy (non-hydrogen) atoms. The van der Waals surface area contributed by atoms with Gasteiger partial charge in [-0.2, -0.15) is 0 Å². The van der Waals surface area contributed by atoms with Gasteiger partial charge in [-0.3, -0.25) is 28.9 Å². The molecule has 0 N–H and O–H groups in total. The highest BCUT2D eigenvalue weighted by Crippen LogP contribution is 2.42. The predicted molar refractivity (Wildman–Crippen MR) is 249 cm³/mol. The average Bonchev–Trinajstić information content (AvgIpc) is 3.60. The molecule has 3 heterocycles. The summed E-state index contributed by atoms with van der Waals surface area (Å²) >= 11 is 1.43. The molecule has 0 bridgehead atoms. The van der Waals surface area contributed by atoms with Crippen molar-refractivity contribution in [1.29, 1.82) is 0 Å². The summed E-state index contributed by atoms with van der Waals surface area (Å²) in [6, 6.07) is 43.1. The summed E-state index contributed by atoms with van der Waals surface area (Å²) in [6.07, 6.45) is -10.2. The second kappa shape index (κ2) is 23.4. The predicted octanol–water partition coefficient (Wildman–Crippen LogP) is 7.09. The lowest BCUT2D eigenvalue weighted by molar-refractivity contribution is -0.332. The van der Waals surface area contributed by atoms with Gasteiger partial charge in [0.05, 0.1) is 37.6 Å². The van der Waals surface area contributed by atoms with Crippen molar-refractivity contribution >= 4 is 41.5 Å². The third kappa shape index (κ3) is 12.3. The summed E-state index contributed by atoms with van der Waals surface area (Å²) in [7, 11) is 0. The quantitative estimate of drug-likeness (QED) is 0.0466. The van der Waals surface area contributed by atoms with E-state index in [-0.39, 0.29) is 37.6 Å². The molecule has 16 heteroatoms. The van der Waals surface area contributed by atoms with Gasteiger partial charge in [0.15, 0.2) is 18.5 Å². The molecule has 3 aliphatic rings. The van der Waals surface area contributed by atoms with Gasteiger partial charge in [-0.15, -0.1) is 0 Å². The number of nitrogens with zero attached hydrogens (tertiary/aromatic N) is 1. The number of esters is 3. The number of hydrogen-bond acceptors (Lipinski definition) is 15. The van der Waals surface area contributed by atoms with Crippen molar-refractivity contribution in [3.8, 4) is 0 Å². The topological polar surface area (TPSA) is 172 Å². The van der Waals surface area contributed by atoms with Crippen molar-refractivity contribution in [2.24, 2.45) is 0 Å². The van der Waals surface area contributed by atoms with Crippen LogP contribution in [0.3, 0.4) is 0 Å². The maximum absolute atomic E-state index is 14.5. The Morgan fingerprint density at radius 1 is 0.522 bits per heavy atom. The van der Waals surface area contributed by atoms with Gasteiger partial charge in [-0.05, 0) is 41.0 Å². The number of carbonyl (C=O) groups excluding carboxylic acids is 5. The van der Waals surface area contributed by atoms with E-state index >= 15 is 0 Å². The average molecular weight is 960 g/mol. The first-order chi connectivity index (χ1) is 33.5. The fourth-order valence-electron chi connectivity index (χ4n) is 8.57. The molecule has 0 aromatic heterocycles. The lowest BCUT2D eigenvalue weighted by Gasteiger charge is -2.51. The van der Waals surface area contributed by atoms with E-state index in [1.54, 1.807) is 12.1 Å². The van der Waals surface area contributed by atoms with Gasteiger partial charge >= 0.3 is 17.9 Å². The first kappa shape index (κ1) is 49.2. The van der Waals surface area contributed by atoms with Crippen molar-refractivity contribution in [2.75, 3.05) is 13.2 Å². The largest absolute Gasteiger partial charge is 0.463 e. The van der Waals surface area contributed by atoms with E-state index in [9.17, 15) is 24.0 Å². The van der Waals surface area contributed by atoms with E-state index in [4.69, 9.17) is 42.6 Å². The molecule has 0 spiro atoms. The molecule has 0 unspecified atom stereocenters. The highest BCUT2D eigenvalue weighted by atomic mass is 32.2. The van der Waals surface area contributed by atoms with E-state index in [0.717, 1.165) is 40.3 Å². The van der Waals surface area contributed by atoms with Gasteiger partial charge in [0.1, 0.15) is 48.6 Å². The number of fused-ring (bicyclic) bond motifs is 1. The molecule has 2 fully saturated rings. The second-order valence-corrected chi connectivity index (χ2v) is 17.8. The van der Waals surface area contributed by atoms with Crippen LogP contribution < -0.4 is 0 Å². The Morgan fingerprint density at radius 2 is 1.00 bits per heavy atom. The molecule has 2 amide bonds. The first-order valence-corrected chi connectivity index (χ1v) is 23.5. The highest BCUT2D eigenvalue weighted by molar-refractivity contribution is 7.99. The maximum Gasteiger partial charge on any atom is 0.303 e. The van der Waals surface area contributed by atoms with Crippen LogP contribution in [0.15, 0.2) is 150 Å². The Morgan fingerprint density at radius 3 is 1.54 bits per heavy atom. The highest BCUT2D eigenvalue weighted by Gasteiger charge is 2.59. The number of ether oxygens (including phenoxy) is 9. The summed E-state index contributed by atoms with van der Waals surface area (Å²) in [5.41, 5.74) is 2.05. The van der Waals surface area contributed by atoms with Crippen molar-refractivity contribution in [3.05, 3.63) is 173 Å². The standard InChI is InChI=1S/C53H53NO14S/c1-33(55)61-32-43-45(64-34(2)56)47(65-35(3)57)44(54-50(58)40-26-16-17-27-41(40)51(54)59)52(66-43)68-46-42(31-60-28-36-18-8-4-9-19-36)67-53(69-39-24-14-7-15-25-39)49(63-30-38-22-12-6-13-23-38)48(46)62-29-37-20-10-5-11-21-37/h4-27,42-49,52-53H,28-32H2,1-3H3/t42-,43-,44-,45-,46-,47-,48+,49-,52+,53+/m1/s1. The van der Waals surface area contributed by atoms with Crippen molar-refractivity contribution in [3.63, 3.8) is 0 Å². The number of hydrogen-bond donors (Lipinski definition) is 0.